The van der Waals surface area contributed by atoms with E-state index in [1.165, 1.54) is 51.6 Å². The minimum Gasteiger partial charge on any atom is -0.317 e. The summed E-state index contributed by atoms with van der Waals surface area (Å²) in [6.45, 7) is 7.29. The van der Waals surface area contributed by atoms with Gasteiger partial charge in [0.2, 0.25) is 0 Å². The van der Waals surface area contributed by atoms with Crippen molar-refractivity contribution in [3.05, 3.63) is 0 Å². The molecular weight excluding hydrogens is 184 g/mol. The molecule has 1 heterocycles. The maximum Gasteiger partial charge on any atom is 0.00669 e. The molecule has 2 heteroatoms. The monoisotopic (exact) mass is 212 g/mol. The number of likely N-dealkylation sites (tertiary alicyclic amines) is 1. The smallest absolute Gasteiger partial charge is 0.00669 e. The summed E-state index contributed by atoms with van der Waals surface area (Å²) in [5.41, 5.74) is 0. The predicted molar refractivity (Wildman–Crippen MR) is 67.3 cm³/mol. The van der Waals surface area contributed by atoms with Gasteiger partial charge < -0.3 is 10.2 Å². The van der Waals surface area contributed by atoms with Gasteiger partial charge in [-0.3, -0.25) is 0 Å². The van der Waals surface area contributed by atoms with Crippen LogP contribution >= 0.6 is 0 Å². The summed E-state index contributed by atoms with van der Waals surface area (Å²) >= 11 is 0. The first kappa shape index (κ1) is 13.0. The van der Waals surface area contributed by atoms with E-state index in [1.807, 2.05) is 0 Å². The Hall–Kier alpha value is -0.0800. The van der Waals surface area contributed by atoms with Gasteiger partial charge in [0.15, 0.2) is 0 Å². The Morgan fingerprint density at radius 3 is 2.80 bits per heavy atom. The van der Waals surface area contributed by atoms with Gasteiger partial charge in [0.05, 0.1) is 0 Å². The lowest BCUT2D eigenvalue weighted by Gasteiger charge is -2.33. The Kier molecular flexibility index (Phi) is 6.26. The number of nitrogens with zero attached hydrogens (tertiary/aromatic N) is 1. The Balaban J connectivity index is 2.12. The lowest BCUT2D eigenvalue weighted by atomic mass is 10.0. The van der Waals surface area contributed by atoms with Gasteiger partial charge in [0, 0.05) is 12.1 Å². The average molecular weight is 212 g/mol. The zero-order valence-corrected chi connectivity index (χ0v) is 10.8. The molecule has 0 aromatic rings. The van der Waals surface area contributed by atoms with Crippen LogP contribution in [0.25, 0.3) is 0 Å². The van der Waals surface area contributed by atoms with E-state index < -0.39 is 0 Å². The minimum absolute atomic E-state index is 0.727. The highest BCUT2D eigenvalue weighted by Crippen LogP contribution is 2.17. The van der Waals surface area contributed by atoms with Crippen molar-refractivity contribution in [3.63, 3.8) is 0 Å². The van der Waals surface area contributed by atoms with Crippen molar-refractivity contribution in [1.29, 1.82) is 0 Å². The highest BCUT2D eigenvalue weighted by molar-refractivity contribution is 4.73. The molecule has 1 saturated heterocycles. The fourth-order valence-corrected chi connectivity index (χ4v) is 2.58. The largest absolute Gasteiger partial charge is 0.317 e. The zero-order valence-electron chi connectivity index (χ0n) is 10.8. The molecule has 90 valence electrons. The molecule has 0 saturated carbocycles. The van der Waals surface area contributed by atoms with E-state index in [0.29, 0.717) is 0 Å². The number of nitrogens with one attached hydrogen (secondary N) is 1. The van der Waals surface area contributed by atoms with E-state index in [2.05, 4.69) is 31.1 Å². The van der Waals surface area contributed by atoms with Gasteiger partial charge in [-0.1, -0.05) is 13.3 Å². The van der Waals surface area contributed by atoms with E-state index >= 15 is 0 Å². The van der Waals surface area contributed by atoms with Gasteiger partial charge in [0.1, 0.15) is 0 Å². The Bertz CT molecular complexity index is 155. The zero-order chi connectivity index (χ0) is 11.1. The predicted octanol–water partition coefficient (Wildman–Crippen LogP) is 2.64. The third-order valence-electron chi connectivity index (χ3n) is 3.84. The minimum atomic E-state index is 0.727. The number of hydrogen-bond donors (Lipinski definition) is 1. The van der Waals surface area contributed by atoms with Crippen molar-refractivity contribution in [3.8, 4) is 0 Å². The van der Waals surface area contributed by atoms with Gasteiger partial charge in [-0.2, -0.15) is 0 Å². The maximum atomic E-state index is 3.38. The van der Waals surface area contributed by atoms with E-state index in [9.17, 15) is 0 Å². The second-order valence-corrected chi connectivity index (χ2v) is 4.92. The van der Waals surface area contributed by atoms with Crippen molar-refractivity contribution in [2.24, 2.45) is 0 Å². The Morgan fingerprint density at radius 2 is 2.20 bits per heavy atom. The molecule has 0 spiro atoms. The maximum absolute atomic E-state index is 3.38. The van der Waals surface area contributed by atoms with Crippen LogP contribution in [0.3, 0.4) is 0 Å². The molecule has 1 fully saturated rings. The molecular formula is C13H28N2. The van der Waals surface area contributed by atoms with E-state index in [-0.39, 0.29) is 0 Å². The third-order valence-corrected chi connectivity index (χ3v) is 3.84. The van der Waals surface area contributed by atoms with Gasteiger partial charge >= 0.3 is 0 Å². The molecule has 1 N–H and O–H groups in total. The normalized spacial score (nSPS) is 25.4. The summed E-state index contributed by atoms with van der Waals surface area (Å²) in [5.74, 6) is 0. The lowest BCUT2D eigenvalue weighted by Crippen LogP contribution is -2.38. The van der Waals surface area contributed by atoms with Gasteiger partial charge in [0.25, 0.3) is 0 Å². The average Bonchev–Trinajstić information content (AvgIpc) is 2.27. The van der Waals surface area contributed by atoms with Gasteiger partial charge in [-0.05, 0) is 59.2 Å². The van der Waals surface area contributed by atoms with Crippen LogP contribution in [0.2, 0.25) is 0 Å². The fourth-order valence-electron chi connectivity index (χ4n) is 2.58. The standard InChI is InChI=1S/C13H28N2/c1-4-13(14-3)9-7-11-15-10-6-5-8-12(15)2/h12-14H,4-11H2,1-3H3. The third kappa shape index (κ3) is 4.52. The van der Waals surface area contributed by atoms with Gasteiger partial charge in [-0.15, -0.1) is 0 Å². The van der Waals surface area contributed by atoms with E-state index in [4.69, 9.17) is 0 Å². The summed E-state index contributed by atoms with van der Waals surface area (Å²) in [4.78, 5) is 2.67. The van der Waals surface area contributed by atoms with E-state index in [1.54, 1.807) is 0 Å². The first-order chi connectivity index (χ1) is 7.27. The first-order valence-electron chi connectivity index (χ1n) is 6.69. The van der Waals surface area contributed by atoms with Crippen molar-refractivity contribution in [1.82, 2.24) is 10.2 Å². The summed E-state index contributed by atoms with van der Waals surface area (Å²) in [5, 5.41) is 3.38. The first-order valence-corrected chi connectivity index (χ1v) is 6.69. The second-order valence-electron chi connectivity index (χ2n) is 4.92. The summed E-state index contributed by atoms with van der Waals surface area (Å²) in [6, 6.07) is 1.55. The molecule has 0 aliphatic carbocycles. The molecule has 2 unspecified atom stereocenters. The van der Waals surface area contributed by atoms with Crippen molar-refractivity contribution in [2.45, 2.75) is 64.5 Å². The molecule has 1 rings (SSSR count). The lowest BCUT2D eigenvalue weighted by molar-refractivity contribution is 0.156. The molecule has 0 amide bonds. The quantitative estimate of drug-likeness (QED) is 0.728. The molecule has 15 heavy (non-hydrogen) atoms. The Morgan fingerprint density at radius 1 is 1.40 bits per heavy atom. The highest BCUT2D eigenvalue weighted by atomic mass is 15.2. The van der Waals surface area contributed by atoms with Crippen molar-refractivity contribution in [2.75, 3.05) is 20.1 Å². The molecule has 0 bridgehead atoms. The molecule has 1 aliphatic heterocycles. The molecule has 0 radical (unpaired) electrons. The SMILES string of the molecule is CCC(CCCN1CCCCC1C)NC. The van der Waals surface area contributed by atoms with Crippen LogP contribution in [0.5, 0.6) is 0 Å². The van der Waals surface area contributed by atoms with Crippen LogP contribution in [0.1, 0.15) is 52.4 Å². The van der Waals surface area contributed by atoms with Crippen LogP contribution < -0.4 is 5.32 Å². The molecule has 0 aromatic heterocycles. The van der Waals surface area contributed by atoms with Crippen molar-refractivity contribution < 1.29 is 0 Å². The molecule has 0 aromatic carbocycles. The van der Waals surface area contributed by atoms with Crippen LogP contribution in [-0.2, 0) is 0 Å². The number of hydrogen-bond acceptors (Lipinski definition) is 2. The fraction of sp³-hybridized carbons (Fsp3) is 1.00. The second kappa shape index (κ2) is 7.24. The number of rotatable bonds is 6. The summed E-state index contributed by atoms with van der Waals surface area (Å²) in [6.07, 6.45) is 8.19. The van der Waals surface area contributed by atoms with Crippen LogP contribution in [0, 0.1) is 0 Å². The van der Waals surface area contributed by atoms with Gasteiger partial charge in [-0.25, -0.2) is 0 Å². The molecule has 1 aliphatic rings. The Labute approximate surface area is 95.4 Å². The summed E-state index contributed by atoms with van der Waals surface area (Å²) < 4.78 is 0. The van der Waals surface area contributed by atoms with Crippen LogP contribution in [0.4, 0.5) is 0 Å². The summed E-state index contributed by atoms with van der Waals surface area (Å²) in [7, 11) is 2.08. The highest BCUT2D eigenvalue weighted by Gasteiger charge is 2.17. The van der Waals surface area contributed by atoms with Crippen molar-refractivity contribution >= 4 is 0 Å². The molecule has 2 nitrogen and oxygen atoms in total. The van der Waals surface area contributed by atoms with Crippen LogP contribution in [-0.4, -0.2) is 37.1 Å². The topological polar surface area (TPSA) is 15.3 Å². The number of piperidine rings is 1. The van der Waals surface area contributed by atoms with Crippen LogP contribution in [0.15, 0.2) is 0 Å². The molecule has 2 atom stereocenters. The van der Waals surface area contributed by atoms with E-state index in [0.717, 1.165) is 12.1 Å².